The summed E-state index contributed by atoms with van der Waals surface area (Å²) in [5, 5.41) is 22.8. The molecule has 192 valence electrons. The monoisotopic (exact) mass is 512 g/mol. The minimum atomic E-state index is -4.18. The highest BCUT2D eigenvalue weighted by Gasteiger charge is 2.22. The maximum atomic E-state index is 13.1. The van der Waals surface area contributed by atoms with Gasteiger partial charge in [0, 0.05) is 11.6 Å². The van der Waals surface area contributed by atoms with Gasteiger partial charge in [0.15, 0.2) is 0 Å². The number of sulfonamides is 1. The maximum absolute atomic E-state index is 13.1. The summed E-state index contributed by atoms with van der Waals surface area (Å²) in [6, 6.07) is 12.3. The van der Waals surface area contributed by atoms with E-state index in [0.717, 1.165) is 22.8 Å². The zero-order valence-corrected chi connectivity index (χ0v) is 21.8. The Morgan fingerprint density at radius 1 is 1.00 bits per heavy atom. The summed E-state index contributed by atoms with van der Waals surface area (Å²) < 4.78 is 28.6. The van der Waals surface area contributed by atoms with Crippen LogP contribution in [-0.2, 0) is 10.0 Å². The molecule has 0 aliphatic heterocycles. The second-order valence-electron chi connectivity index (χ2n) is 9.29. The Bertz CT molecular complexity index is 1340. The molecule has 0 saturated heterocycles. The number of aromatic nitrogens is 2. The normalized spacial score (nSPS) is 13.3. The van der Waals surface area contributed by atoms with Crippen molar-refractivity contribution in [2.75, 3.05) is 10.0 Å². The molecule has 0 radical (unpaired) electrons. The third-order valence-electron chi connectivity index (χ3n) is 5.72. The quantitative estimate of drug-likeness (QED) is 0.312. The van der Waals surface area contributed by atoms with E-state index in [1.54, 1.807) is 13.0 Å². The van der Waals surface area contributed by atoms with Crippen LogP contribution in [0, 0.1) is 19.8 Å². The fourth-order valence-corrected chi connectivity index (χ4v) is 4.95. The first-order chi connectivity index (χ1) is 16.9. The second kappa shape index (κ2) is 11.0. The summed E-state index contributed by atoms with van der Waals surface area (Å²) in [6.45, 7) is 9.66. The summed E-state index contributed by atoms with van der Waals surface area (Å²) in [6.07, 6.45) is -0.00593. The van der Waals surface area contributed by atoms with Crippen LogP contribution < -0.4 is 10.0 Å². The molecule has 2 atom stereocenters. The van der Waals surface area contributed by atoms with Gasteiger partial charge in [-0.15, -0.1) is 0 Å². The fraction of sp³-hybridized carbons (Fsp3) is 0.346. The number of aliphatic hydroxyl groups excluding tert-OH is 1. The molecule has 0 aliphatic rings. The summed E-state index contributed by atoms with van der Waals surface area (Å²) >= 11 is 0. The average Bonchev–Trinajstić information content (AvgIpc) is 2.78. The van der Waals surface area contributed by atoms with Crippen LogP contribution in [0.2, 0.25) is 0 Å². The van der Waals surface area contributed by atoms with Crippen LogP contribution in [0.3, 0.4) is 0 Å². The van der Waals surface area contributed by atoms with Gasteiger partial charge in [-0.05, 0) is 62.4 Å². The van der Waals surface area contributed by atoms with Crippen LogP contribution in [0.5, 0.6) is 0 Å². The minimum absolute atomic E-state index is 0.154. The minimum Gasteiger partial charge on any atom is -0.478 e. The van der Waals surface area contributed by atoms with Crippen LogP contribution in [0.1, 0.15) is 48.7 Å². The Hall–Kier alpha value is -3.50. The molecule has 0 spiro atoms. The molecule has 2 aromatic carbocycles. The van der Waals surface area contributed by atoms with Gasteiger partial charge in [-0.1, -0.05) is 38.1 Å². The number of hydrogen-bond donors (Lipinski definition) is 4. The Balaban J connectivity index is 2.09. The number of hydrogen-bond acceptors (Lipinski definition) is 7. The topological polar surface area (TPSA) is 142 Å². The van der Waals surface area contributed by atoms with Crippen LogP contribution >= 0.6 is 0 Å². The fourth-order valence-electron chi connectivity index (χ4n) is 3.96. The average molecular weight is 513 g/mol. The third-order valence-corrected chi connectivity index (χ3v) is 7.05. The van der Waals surface area contributed by atoms with E-state index >= 15 is 0 Å². The molecule has 3 aromatic rings. The number of nitrogens with zero attached hydrogens (tertiary/aromatic N) is 2. The van der Waals surface area contributed by atoms with Crippen molar-refractivity contribution in [3.05, 3.63) is 65.2 Å². The number of benzene rings is 2. The highest BCUT2D eigenvalue weighted by Crippen LogP contribution is 2.29. The van der Waals surface area contributed by atoms with Gasteiger partial charge in [-0.25, -0.2) is 22.9 Å². The van der Waals surface area contributed by atoms with E-state index in [1.807, 2.05) is 45.9 Å². The van der Waals surface area contributed by atoms with Crippen LogP contribution in [-0.4, -0.2) is 46.7 Å². The van der Waals surface area contributed by atoms with Crippen molar-refractivity contribution < 1.29 is 23.4 Å². The Morgan fingerprint density at radius 2 is 1.64 bits per heavy atom. The van der Waals surface area contributed by atoms with Gasteiger partial charge in [0.1, 0.15) is 5.82 Å². The van der Waals surface area contributed by atoms with Crippen molar-refractivity contribution in [3.8, 4) is 11.3 Å². The first-order valence-electron chi connectivity index (χ1n) is 11.6. The van der Waals surface area contributed by atoms with Crippen LogP contribution in [0.15, 0.2) is 53.4 Å². The summed E-state index contributed by atoms with van der Waals surface area (Å²) in [4.78, 5) is 20.0. The van der Waals surface area contributed by atoms with E-state index in [0.29, 0.717) is 23.9 Å². The van der Waals surface area contributed by atoms with Crippen molar-refractivity contribution in [3.63, 3.8) is 0 Å². The molecule has 4 N–H and O–H groups in total. The van der Waals surface area contributed by atoms with Gasteiger partial charge < -0.3 is 15.5 Å². The van der Waals surface area contributed by atoms with E-state index in [9.17, 15) is 23.4 Å². The van der Waals surface area contributed by atoms with Crippen molar-refractivity contribution in [1.82, 2.24) is 9.97 Å². The first kappa shape index (κ1) is 27.1. The lowest BCUT2D eigenvalue weighted by Crippen LogP contribution is -2.33. The summed E-state index contributed by atoms with van der Waals surface area (Å²) in [5.41, 5.74) is 3.11. The van der Waals surface area contributed by atoms with Crippen LogP contribution in [0.25, 0.3) is 11.3 Å². The van der Waals surface area contributed by atoms with Crippen molar-refractivity contribution >= 4 is 27.8 Å². The lowest BCUT2D eigenvalue weighted by molar-refractivity contribution is 0.0696. The molecule has 10 heteroatoms. The number of aromatic carboxylic acids is 1. The molecular formula is C26H32N4O5S. The number of carboxylic acids is 1. The highest BCUT2D eigenvalue weighted by molar-refractivity contribution is 7.92. The van der Waals surface area contributed by atoms with Crippen molar-refractivity contribution in [2.45, 2.75) is 58.1 Å². The van der Waals surface area contributed by atoms with Crippen molar-refractivity contribution in [1.29, 1.82) is 0 Å². The SMILES string of the molecule is Cc1cccc(C)c1-c1cc(N[C@H](CC(C)C)[C@H](C)O)nc(NS(=O)(=O)c2cccc(C(=O)O)c2)n1. The van der Waals surface area contributed by atoms with Gasteiger partial charge in [0.05, 0.1) is 28.3 Å². The first-order valence-corrected chi connectivity index (χ1v) is 13.1. The Labute approximate surface area is 211 Å². The number of aryl methyl sites for hydroxylation is 2. The molecule has 0 bridgehead atoms. The number of rotatable bonds is 10. The van der Waals surface area contributed by atoms with Gasteiger partial charge >= 0.3 is 5.97 Å². The van der Waals surface area contributed by atoms with E-state index in [-0.39, 0.29) is 22.4 Å². The molecule has 0 amide bonds. The number of aliphatic hydroxyl groups is 1. The van der Waals surface area contributed by atoms with E-state index in [4.69, 9.17) is 0 Å². The largest absolute Gasteiger partial charge is 0.478 e. The van der Waals surface area contributed by atoms with Crippen LogP contribution in [0.4, 0.5) is 11.8 Å². The van der Waals surface area contributed by atoms with Crippen molar-refractivity contribution in [2.24, 2.45) is 5.92 Å². The zero-order chi connectivity index (χ0) is 26.6. The third kappa shape index (κ3) is 6.58. The molecule has 36 heavy (non-hydrogen) atoms. The summed E-state index contributed by atoms with van der Waals surface area (Å²) in [7, 11) is -4.18. The van der Waals surface area contributed by atoms with Gasteiger partial charge in [0.25, 0.3) is 10.0 Å². The van der Waals surface area contributed by atoms with E-state index in [1.165, 1.54) is 18.2 Å². The molecule has 0 unspecified atom stereocenters. The van der Waals surface area contributed by atoms with Gasteiger partial charge in [-0.2, -0.15) is 4.98 Å². The molecule has 0 fully saturated rings. The van der Waals surface area contributed by atoms with Gasteiger partial charge in [0.2, 0.25) is 5.95 Å². The molecule has 3 rings (SSSR count). The van der Waals surface area contributed by atoms with E-state index in [2.05, 4.69) is 20.0 Å². The molecule has 0 aliphatic carbocycles. The number of carboxylic acid groups (broad SMARTS) is 1. The predicted octanol–water partition coefficient (Wildman–Crippen LogP) is 4.47. The Morgan fingerprint density at radius 3 is 2.22 bits per heavy atom. The number of carbonyl (C=O) groups is 1. The number of nitrogens with one attached hydrogen (secondary N) is 2. The number of anilines is 2. The lowest BCUT2D eigenvalue weighted by Gasteiger charge is -2.24. The molecule has 0 saturated carbocycles. The predicted molar refractivity (Wildman–Crippen MR) is 140 cm³/mol. The maximum Gasteiger partial charge on any atom is 0.335 e. The van der Waals surface area contributed by atoms with E-state index < -0.39 is 22.1 Å². The molecule has 1 aromatic heterocycles. The van der Waals surface area contributed by atoms with Gasteiger partial charge in [-0.3, -0.25) is 0 Å². The lowest BCUT2D eigenvalue weighted by atomic mass is 9.99. The summed E-state index contributed by atoms with van der Waals surface area (Å²) in [5.74, 6) is -0.754. The Kier molecular flexibility index (Phi) is 8.31. The smallest absolute Gasteiger partial charge is 0.335 e. The second-order valence-corrected chi connectivity index (χ2v) is 11.0. The molecular weight excluding hydrogens is 480 g/mol. The molecule has 9 nitrogen and oxygen atoms in total. The standard InChI is InChI=1S/C26H32N4O5S/c1-15(2)12-21(18(5)31)27-23-14-22(24-16(3)8-6-9-17(24)4)28-26(29-23)30-36(34,35)20-11-7-10-19(13-20)25(32)33/h6-11,13-15,18,21,31H,12H2,1-5H3,(H,32,33)(H2,27,28,29,30)/t18-,21+/m0/s1. The molecule has 1 heterocycles. The zero-order valence-electron chi connectivity index (χ0n) is 21.0. The highest BCUT2D eigenvalue weighted by atomic mass is 32.2.